The van der Waals surface area contributed by atoms with E-state index in [1.165, 1.54) is 7.11 Å². The van der Waals surface area contributed by atoms with Crippen molar-refractivity contribution < 1.29 is 19.4 Å². The minimum absolute atomic E-state index is 0.297. The van der Waals surface area contributed by atoms with Gasteiger partial charge in [-0.2, -0.15) is 0 Å². The van der Waals surface area contributed by atoms with Gasteiger partial charge in [-0.15, -0.1) is 0 Å². The molecule has 2 fully saturated rings. The number of piperidine rings is 1. The first-order chi connectivity index (χ1) is 8.15. The average Bonchev–Trinajstić information content (AvgIpc) is 2.39. The van der Waals surface area contributed by atoms with Crippen LogP contribution in [0, 0.1) is 5.41 Å². The Bertz CT molecular complexity index is 280. The summed E-state index contributed by atoms with van der Waals surface area (Å²) in [7, 11) is 1.39. The molecule has 1 atom stereocenters. The molecule has 0 bridgehead atoms. The van der Waals surface area contributed by atoms with Gasteiger partial charge >= 0.3 is 5.97 Å². The van der Waals surface area contributed by atoms with Crippen LogP contribution in [0.1, 0.15) is 25.7 Å². The lowest BCUT2D eigenvalue weighted by molar-refractivity contribution is -0.190. The fourth-order valence-corrected chi connectivity index (χ4v) is 3.05. The summed E-state index contributed by atoms with van der Waals surface area (Å²) in [5.74, 6) is -0.297. The molecule has 0 aromatic carbocycles. The molecule has 5 nitrogen and oxygen atoms in total. The molecular formula is C12H21NO4. The Morgan fingerprint density at radius 3 is 2.59 bits per heavy atom. The summed E-state index contributed by atoms with van der Waals surface area (Å²) in [6.07, 6.45) is 2.58. The number of nitrogens with one attached hydrogen (secondary N) is 1. The molecule has 0 saturated carbocycles. The van der Waals surface area contributed by atoms with Gasteiger partial charge in [0.1, 0.15) is 5.41 Å². The van der Waals surface area contributed by atoms with Crippen LogP contribution in [-0.4, -0.2) is 50.1 Å². The third-order valence-corrected chi connectivity index (χ3v) is 4.17. The number of esters is 1. The van der Waals surface area contributed by atoms with Crippen molar-refractivity contribution in [2.75, 3.05) is 33.4 Å². The predicted octanol–water partition coefficient (Wildman–Crippen LogP) is 0.0707. The molecule has 1 unspecified atom stereocenters. The van der Waals surface area contributed by atoms with Crippen molar-refractivity contribution >= 4 is 5.97 Å². The van der Waals surface area contributed by atoms with Crippen molar-refractivity contribution in [3.8, 4) is 0 Å². The molecule has 0 aliphatic carbocycles. The highest BCUT2D eigenvalue weighted by atomic mass is 16.5. The topological polar surface area (TPSA) is 67.8 Å². The molecule has 0 radical (unpaired) electrons. The molecule has 2 rings (SSSR count). The monoisotopic (exact) mass is 243 g/mol. The van der Waals surface area contributed by atoms with Crippen LogP contribution in [-0.2, 0) is 14.3 Å². The number of rotatable bonds is 2. The van der Waals surface area contributed by atoms with E-state index in [9.17, 15) is 9.90 Å². The predicted molar refractivity (Wildman–Crippen MR) is 61.6 cm³/mol. The highest BCUT2D eigenvalue weighted by Gasteiger charge is 2.57. The van der Waals surface area contributed by atoms with E-state index in [4.69, 9.17) is 9.47 Å². The van der Waals surface area contributed by atoms with Crippen molar-refractivity contribution in [2.45, 2.75) is 31.3 Å². The minimum Gasteiger partial charge on any atom is -0.468 e. The summed E-state index contributed by atoms with van der Waals surface area (Å²) in [5, 5.41) is 14.0. The molecule has 2 N–H and O–H groups in total. The lowest BCUT2D eigenvalue weighted by Gasteiger charge is -2.49. The molecule has 2 aliphatic rings. The van der Waals surface area contributed by atoms with E-state index in [0.29, 0.717) is 39.0 Å². The highest BCUT2D eigenvalue weighted by Crippen LogP contribution is 2.44. The van der Waals surface area contributed by atoms with Crippen LogP contribution >= 0.6 is 0 Å². The Kier molecular flexibility index (Phi) is 3.70. The number of carbonyl (C=O) groups excluding carboxylic acids is 1. The summed E-state index contributed by atoms with van der Waals surface area (Å²) in [6, 6.07) is 0. The van der Waals surface area contributed by atoms with Gasteiger partial charge in [0.05, 0.1) is 12.7 Å². The SMILES string of the molecule is COC(=O)C1(C2(O)CCOCC2)CCCNC1. The van der Waals surface area contributed by atoms with Crippen LogP contribution in [0.2, 0.25) is 0 Å². The second-order valence-corrected chi connectivity index (χ2v) is 5.00. The van der Waals surface area contributed by atoms with Crippen LogP contribution < -0.4 is 5.32 Å². The van der Waals surface area contributed by atoms with E-state index in [-0.39, 0.29) is 5.97 Å². The van der Waals surface area contributed by atoms with E-state index >= 15 is 0 Å². The van der Waals surface area contributed by atoms with Crippen LogP contribution in [0.4, 0.5) is 0 Å². The smallest absolute Gasteiger partial charge is 0.316 e. The number of aliphatic hydroxyl groups is 1. The Balaban J connectivity index is 2.27. The third kappa shape index (κ3) is 2.07. The van der Waals surface area contributed by atoms with Gasteiger partial charge in [0.25, 0.3) is 0 Å². The molecular weight excluding hydrogens is 222 g/mol. The zero-order valence-electron chi connectivity index (χ0n) is 10.3. The molecule has 5 heteroatoms. The molecule has 98 valence electrons. The Labute approximate surface area is 101 Å². The van der Waals surface area contributed by atoms with Crippen LogP contribution in [0.3, 0.4) is 0 Å². The van der Waals surface area contributed by atoms with E-state index in [0.717, 1.165) is 13.0 Å². The van der Waals surface area contributed by atoms with E-state index in [1.54, 1.807) is 0 Å². The number of carbonyl (C=O) groups is 1. The van der Waals surface area contributed by atoms with Gasteiger partial charge < -0.3 is 19.9 Å². The van der Waals surface area contributed by atoms with E-state index in [1.807, 2.05) is 0 Å². The third-order valence-electron chi connectivity index (χ3n) is 4.17. The largest absolute Gasteiger partial charge is 0.468 e. The normalized spacial score (nSPS) is 33.1. The van der Waals surface area contributed by atoms with Gasteiger partial charge in [-0.1, -0.05) is 0 Å². The standard InChI is InChI=1S/C12H21NO4/c1-16-10(14)11(3-2-6-13-9-11)12(15)4-7-17-8-5-12/h13,15H,2-9H2,1H3. The van der Waals surface area contributed by atoms with Crippen LogP contribution in [0.15, 0.2) is 0 Å². The summed E-state index contributed by atoms with van der Waals surface area (Å²) < 4.78 is 10.2. The molecule has 0 spiro atoms. The van der Waals surface area contributed by atoms with Crippen molar-refractivity contribution in [1.29, 1.82) is 0 Å². The zero-order chi connectivity index (χ0) is 12.4. The number of ether oxygens (including phenoxy) is 2. The lowest BCUT2D eigenvalue weighted by Crippen LogP contribution is -2.62. The first kappa shape index (κ1) is 12.8. The summed E-state index contributed by atoms with van der Waals surface area (Å²) >= 11 is 0. The Morgan fingerprint density at radius 1 is 1.35 bits per heavy atom. The lowest BCUT2D eigenvalue weighted by atomic mass is 9.64. The molecule has 0 aromatic rings. The molecule has 2 saturated heterocycles. The second-order valence-electron chi connectivity index (χ2n) is 5.00. The van der Waals surface area contributed by atoms with Gasteiger partial charge in [-0.25, -0.2) is 0 Å². The second kappa shape index (κ2) is 4.92. The molecule has 17 heavy (non-hydrogen) atoms. The van der Waals surface area contributed by atoms with Gasteiger partial charge in [-0.05, 0) is 19.4 Å². The van der Waals surface area contributed by atoms with Gasteiger partial charge in [0.15, 0.2) is 0 Å². The van der Waals surface area contributed by atoms with Crippen molar-refractivity contribution in [3.63, 3.8) is 0 Å². The van der Waals surface area contributed by atoms with Gasteiger partial charge in [0.2, 0.25) is 0 Å². The number of methoxy groups -OCH3 is 1. The maximum absolute atomic E-state index is 12.1. The summed E-state index contributed by atoms with van der Waals surface area (Å²) in [5.41, 5.74) is -1.80. The first-order valence-corrected chi connectivity index (χ1v) is 6.24. The van der Waals surface area contributed by atoms with Gasteiger partial charge in [-0.3, -0.25) is 4.79 Å². The first-order valence-electron chi connectivity index (χ1n) is 6.24. The number of hydrogen-bond donors (Lipinski definition) is 2. The number of hydrogen-bond acceptors (Lipinski definition) is 5. The maximum atomic E-state index is 12.1. The van der Waals surface area contributed by atoms with Crippen molar-refractivity contribution in [2.24, 2.45) is 5.41 Å². The van der Waals surface area contributed by atoms with E-state index in [2.05, 4.69) is 5.32 Å². The minimum atomic E-state index is -0.994. The summed E-state index contributed by atoms with van der Waals surface area (Å²) in [4.78, 5) is 12.1. The van der Waals surface area contributed by atoms with E-state index < -0.39 is 11.0 Å². The molecule has 2 aliphatic heterocycles. The molecule has 0 amide bonds. The highest BCUT2D eigenvalue weighted by molar-refractivity contribution is 5.79. The Hall–Kier alpha value is -0.650. The molecule has 2 heterocycles. The van der Waals surface area contributed by atoms with Crippen molar-refractivity contribution in [3.05, 3.63) is 0 Å². The average molecular weight is 243 g/mol. The fraction of sp³-hybridized carbons (Fsp3) is 0.917. The molecule has 0 aromatic heterocycles. The van der Waals surface area contributed by atoms with Crippen molar-refractivity contribution in [1.82, 2.24) is 5.32 Å². The zero-order valence-corrected chi connectivity index (χ0v) is 10.3. The summed E-state index contributed by atoms with van der Waals surface area (Å²) in [6.45, 7) is 2.41. The maximum Gasteiger partial charge on any atom is 0.316 e. The van der Waals surface area contributed by atoms with Gasteiger partial charge in [0, 0.05) is 32.6 Å². The quantitative estimate of drug-likeness (QED) is 0.672. The van der Waals surface area contributed by atoms with Crippen LogP contribution in [0.5, 0.6) is 0 Å². The fourth-order valence-electron chi connectivity index (χ4n) is 3.05. The Morgan fingerprint density at radius 2 is 2.06 bits per heavy atom. The van der Waals surface area contributed by atoms with Crippen LogP contribution in [0.25, 0.3) is 0 Å².